The number of benzene rings is 1. The quantitative estimate of drug-likeness (QED) is 0.869. The number of hydrogen-bond acceptors (Lipinski definition) is 2. The summed E-state index contributed by atoms with van der Waals surface area (Å²) in [6.07, 6.45) is 3.38. The molecule has 2 atom stereocenters. The first kappa shape index (κ1) is 15.9. The Morgan fingerprint density at radius 3 is 2.71 bits per heavy atom. The minimum absolute atomic E-state index is 0.0422. The van der Waals surface area contributed by atoms with Gasteiger partial charge in [-0.05, 0) is 52.9 Å². The van der Waals surface area contributed by atoms with Gasteiger partial charge in [-0.15, -0.1) is 0 Å². The first-order chi connectivity index (χ1) is 9.99. The molecular weight excluding hydrogens is 341 g/mol. The van der Waals surface area contributed by atoms with E-state index in [-0.39, 0.29) is 11.8 Å². The van der Waals surface area contributed by atoms with Gasteiger partial charge in [0.1, 0.15) is 5.82 Å². The lowest BCUT2D eigenvalue weighted by Crippen LogP contribution is -2.37. The fraction of sp³-hybridized carbons (Fsp3) is 0.467. The minimum Gasteiger partial charge on any atom is -0.481 e. The summed E-state index contributed by atoms with van der Waals surface area (Å²) in [5, 5.41) is 12.0. The second-order valence-corrected chi connectivity index (χ2v) is 6.18. The third kappa shape index (κ3) is 4.03. The van der Waals surface area contributed by atoms with Crippen molar-refractivity contribution in [2.24, 2.45) is 11.8 Å². The molecule has 0 aliphatic heterocycles. The first-order valence-corrected chi connectivity index (χ1v) is 7.74. The number of carbonyl (C=O) groups is 2. The Labute approximate surface area is 130 Å². The Morgan fingerprint density at radius 2 is 2.05 bits per heavy atom. The van der Waals surface area contributed by atoms with Crippen molar-refractivity contribution in [1.29, 1.82) is 0 Å². The van der Waals surface area contributed by atoms with E-state index in [1.54, 1.807) is 0 Å². The summed E-state index contributed by atoms with van der Waals surface area (Å²) in [6.45, 7) is 0.333. The van der Waals surface area contributed by atoms with E-state index >= 15 is 0 Å². The van der Waals surface area contributed by atoms with Gasteiger partial charge >= 0.3 is 5.97 Å². The van der Waals surface area contributed by atoms with Gasteiger partial charge in [0.2, 0.25) is 0 Å². The average molecular weight is 358 g/mol. The van der Waals surface area contributed by atoms with Gasteiger partial charge in [-0.25, -0.2) is 4.39 Å². The molecule has 1 aromatic rings. The zero-order chi connectivity index (χ0) is 15.4. The van der Waals surface area contributed by atoms with E-state index in [1.807, 2.05) is 0 Å². The van der Waals surface area contributed by atoms with Crippen LogP contribution in [-0.4, -0.2) is 23.5 Å². The highest BCUT2D eigenvalue weighted by Crippen LogP contribution is 2.30. The Kier molecular flexibility index (Phi) is 5.33. The van der Waals surface area contributed by atoms with Crippen molar-refractivity contribution >= 4 is 27.8 Å². The number of hydrogen-bond donors (Lipinski definition) is 2. The standard InChI is InChI=1S/C15H17BrFNO3/c16-13-7-10(17)5-6-12(13)14(19)18-8-9-3-1-2-4-11(9)15(20)21/h5-7,9,11H,1-4,8H2,(H,18,19)(H,20,21). The van der Waals surface area contributed by atoms with Gasteiger partial charge in [-0.1, -0.05) is 12.8 Å². The molecule has 0 radical (unpaired) electrons. The molecule has 0 aromatic heterocycles. The number of aliphatic carboxylic acids is 1. The van der Waals surface area contributed by atoms with Crippen LogP contribution in [0.4, 0.5) is 4.39 Å². The van der Waals surface area contributed by atoms with Crippen molar-refractivity contribution in [2.45, 2.75) is 25.7 Å². The molecule has 2 rings (SSSR count). The highest BCUT2D eigenvalue weighted by atomic mass is 79.9. The van der Waals surface area contributed by atoms with Crippen LogP contribution in [0.25, 0.3) is 0 Å². The summed E-state index contributed by atoms with van der Waals surface area (Å²) < 4.78 is 13.4. The summed E-state index contributed by atoms with van der Waals surface area (Å²) >= 11 is 3.15. The zero-order valence-electron chi connectivity index (χ0n) is 11.4. The van der Waals surface area contributed by atoms with Crippen LogP contribution in [0.15, 0.2) is 22.7 Å². The van der Waals surface area contributed by atoms with Gasteiger partial charge in [-0.3, -0.25) is 9.59 Å². The third-order valence-corrected chi connectivity index (χ3v) is 4.58. The van der Waals surface area contributed by atoms with Crippen LogP contribution in [0, 0.1) is 17.7 Å². The molecule has 0 bridgehead atoms. The van der Waals surface area contributed by atoms with E-state index in [0.717, 1.165) is 19.3 Å². The molecule has 0 heterocycles. The first-order valence-electron chi connectivity index (χ1n) is 6.95. The zero-order valence-corrected chi connectivity index (χ0v) is 13.0. The van der Waals surface area contributed by atoms with Crippen molar-refractivity contribution in [2.75, 3.05) is 6.54 Å². The molecule has 1 saturated carbocycles. The molecule has 0 saturated heterocycles. The van der Waals surface area contributed by atoms with Gasteiger partial charge in [0.15, 0.2) is 0 Å². The van der Waals surface area contributed by atoms with Crippen molar-refractivity contribution in [3.05, 3.63) is 34.1 Å². The van der Waals surface area contributed by atoms with E-state index in [1.165, 1.54) is 18.2 Å². The van der Waals surface area contributed by atoms with Gasteiger partial charge < -0.3 is 10.4 Å². The topological polar surface area (TPSA) is 66.4 Å². The second kappa shape index (κ2) is 7.02. The van der Waals surface area contributed by atoms with Crippen molar-refractivity contribution in [1.82, 2.24) is 5.32 Å². The van der Waals surface area contributed by atoms with Crippen LogP contribution in [0.2, 0.25) is 0 Å². The van der Waals surface area contributed by atoms with E-state index in [9.17, 15) is 19.1 Å². The molecule has 4 nitrogen and oxygen atoms in total. The number of amides is 1. The SMILES string of the molecule is O=C(NCC1CCCCC1C(=O)O)c1ccc(F)cc1Br. The van der Waals surface area contributed by atoms with Crippen LogP contribution >= 0.6 is 15.9 Å². The summed E-state index contributed by atoms with van der Waals surface area (Å²) in [7, 11) is 0. The molecule has 114 valence electrons. The predicted octanol–water partition coefficient (Wildman–Crippen LogP) is 3.21. The lowest BCUT2D eigenvalue weighted by molar-refractivity contribution is -0.144. The fourth-order valence-corrected chi connectivity index (χ4v) is 3.30. The van der Waals surface area contributed by atoms with Crippen molar-refractivity contribution in [3.8, 4) is 0 Å². The third-order valence-electron chi connectivity index (χ3n) is 3.93. The predicted molar refractivity (Wildman–Crippen MR) is 79.5 cm³/mol. The Hall–Kier alpha value is -1.43. The minimum atomic E-state index is -0.795. The molecular formula is C15H17BrFNO3. The molecule has 1 aliphatic rings. The normalized spacial score (nSPS) is 21.8. The largest absolute Gasteiger partial charge is 0.481 e. The van der Waals surface area contributed by atoms with Crippen LogP contribution in [0.1, 0.15) is 36.0 Å². The number of halogens is 2. The van der Waals surface area contributed by atoms with E-state index in [2.05, 4.69) is 21.2 Å². The smallest absolute Gasteiger partial charge is 0.306 e. The summed E-state index contributed by atoms with van der Waals surface area (Å²) in [5.74, 6) is -1.97. The van der Waals surface area contributed by atoms with Crippen molar-refractivity contribution < 1.29 is 19.1 Å². The molecule has 1 amide bonds. The van der Waals surface area contributed by atoms with E-state index < -0.39 is 17.7 Å². The maximum atomic E-state index is 13.0. The molecule has 2 unspecified atom stereocenters. The lowest BCUT2D eigenvalue weighted by atomic mass is 9.79. The Bertz CT molecular complexity index is 550. The maximum absolute atomic E-state index is 13.0. The summed E-state index contributed by atoms with van der Waals surface area (Å²) in [5.41, 5.74) is 0.346. The maximum Gasteiger partial charge on any atom is 0.306 e. The van der Waals surface area contributed by atoms with E-state index in [4.69, 9.17) is 0 Å². The molecule has 21 heavy (non-hydrogen) atoms. The number of carboxylic acids is 1. The highest BCUT2D eigenvalue weighted by molar-refractivity contribution is 9.10. The van der Waals surface area contributed by atoms with Crippen molar-refractivity contribution in [3.63, 3.8) is 0 Å². The van der Waals surface area contributed by atoms with Crippen LogP contribution in [-0.2, 0) is 4.79 Å². The Morgan fingerprint density at radius 1 is 1.33 bits per heavy atom. The number of rotatable bonds is 4. The van der Waals surface area contributed by atoms with Crippen LogP contribution in [0.3, 0.4) is 0 Å². The van der Waals surface area contributed by atoms with E-state index in [0.29, 0.717) is 23.0 Å². The monoisotopic (exact) mass is 357 g/mol. The van der Waals surface area contributed by atoms with Gasteiger partial charge in [0.25, 0.3) is 5.91 Å². The van der Waals surface area contributed by atoms with Crippen LogP contribution in [0.5, 0.6) is 0 Å². The second-order valence-electron chi connectivity index (χ2n) is 5.32. The molecule has 0 spiro atoms. The summed E-state index contributed by atoms with van der Waals surface area (Å²) in [4.78, 5) is 23.3. The molecule has 1 aliphatic carbocycles. The molecule has 6 heteroatoms. The van der Waals surface area contributed by atoms with Gasteiger partial charge in [-0.2, -0.15) is 0 Å². The molecule has 1 aromatic carbocycles. The molecule has 2 N–H and O–H groups in total. The van der Waals surface area contributed by atoms with Gasteiger partial charge in [0, 0.05) is 11.0 Å². The lowest BCUT2D eigenvalue weighted by Gasteiger charge is -2.28. The fourth-order valence-electron chi connectivity index (χ4n) is 2.77. The summed E-state index contributed by atoms with van der Waals surface area (Å²) in [6, 6.07) is 3.86. The number of carboxylic acid groups (broad SMARTS) is 1. The Balaban J connectivity index is 1.98. The highest BCUT2D eigenvalue weighted by Gasteiger charge is 2.30. The average Bonchev–Trinajstić information content (AvgIpc) is 2.45. The number of carbonyl (C=O) groups excluding carboxylic acids is 1. The number of nitrogens with one attached hydrogen (secondary N) is 1. The molecule has 1 fully saturated rings. The van der Waals surface area contributed by atoms with Gasteiger partial charge in [0.05, 0.1) is 11.5 Å². The van der Waals surface area contributed by atoms with Crippen LogP contribution < -0.4 is 5.32 Å².